The van der Waals surface area contributed by atoms with E-state index in [0.29, 0.717) is 26.9 Å². The number of hydrogen-bond acceptors (Lipinski definition) is 3. The van der Waals surface area contributed by atoms with Crippen LogP contribution in [0.3, 0.4) is 0 Å². The lowest BCUT2D eigenvalue weighted by molar-refractivity contribution is 0.0474. The number of carbonyl (C=O) groups excluding carboxylic acids is 1. The fourth-order valence-electron chi connectivity index (χ4n) is 1.57. The second-order valence-corrected chi connectivity index (χ2v) is 4.68. The molecule has 5 heteroatoms. The van der Waals surface area contributed by atoms with Crippen LogP contribution in [0.25, 0.3) is 0 Å². The molecule has 0 saturated carbocycles. The molecule has 0 atom stereocenters. The number of para-hydroxylation sites is 1. The highest BCUT2D eigenvalue weighted by atomic mass is 35.5. The number of ether oxygens (including phenoxy) is 1. The van der Waals surface area contributed by atoms with Crippen molar-refractivity contribution in [3.63, 3.8) is 0 Å². The van der Waals surface area contributed by atoms with Crippen molar-refractivity contribution in [1.29, 1.82) is 0 Å². The fraction of sp³-hybridized carbons (Fsp3) is 0.0714. The van der Waals surface area contributed by atoms with Gasteiger partial charge < -0.3 is 10.5 Å². The third-order valence-electron chi connectivity index (χ3n) is 2.59. The molecule has 2 N–H and O–H groups in total. The molecule has 0 saturated heterocycles. The highest BCUT2D eigenvalue weighted by Crippen LogP contribution is 2.25. The van der Waals surface area contributed by atoms with Crippen LogP contribution in [0, 0.1) is 0 Å². The predicted molar refractivity (Wildman–Crippen MR) is 76.4 cm³/mol. The Morgan fingerprint density at radius 2 is 1.68 bits per heavy atom. The highest BCUT2D eigenvalue weighted by Gasteiger charge is 2.13. The van der Waals surface area contributed by atoms with E-state index in [4.69, 9.17) is 33.7 Å². The number of hydrogen-bond donors (Lipinski definition) is 1. The van der Waals surface area contributed by atoms with Crippen molar-refractivity contribution in [1.82, 2.24) is 0 Å². The van der Waals surface area contributed by atoms with E-state index in [0.717, 1.165) is 0 Å². The quantitative estimate of drug-likeness (QED) is 0.689. The molecule has 2 aromatic rings. The summed E-state index contributed by atoms with van der Waals surface area (Å²) in [4.78, 5) is 11.9. The number of esters is 1. The van der Waals surface area contributed by atoms with Crippen LogP contribution in [0.2, 0.25) is 10.0 Å². The molecule has 0 unspecified atom stereocenters. The maximum absolute atomic E-state index is 11.9. The van der Waals surface area contributed by atoms with E-state index < -0.39 is 5.97 Å². The third kappa shape index (κ3) is 3.19. The van der Waals surface area contributed by atoms with Gasteiger partial charge in [0.25, 0.3) is 0 Å². The van der Waals surface area contributed by atoms with Crippen molar-refractivity contribution in [2.45, 2.75) is 6.61 Å². The van der Waals surface area contributed by atoms with Crippen molar-refractivity contribution in [3.8, 4) is 0 Å². The SMILES string of the molecule is Nc1ccccc1C(=O)OCc1c(Cl)cccc1Cl. The van der Waals surface area contributed by atoms with Crippen LogP contribution in [0.4, 0.5) is 5.69 Å². The van der Waals surface area contributed by atoms with Crippen LogP contribution in [0.5, 0.6) is 0 Å². The van der Waals surface area contributed by atoms with Crippen molar-refractivity contribution < 1.29 is 9.53 Å². The second-order valence-electron chi connectivity index (χ2n) is 3.86. The summed E-state index contributed by atoms with van der Waals surface area (Å²) >= 11 is 12.0. The van der Waals surface area contributed by atoms with Gasteiger partial charge in [-0.05, 0) is 24.3 Å². The van der Waals surface area contributed by atoms with Gasteiger partial charge in [-0.15, -0.1) is 0 Å². The Labute approximate surface area is 120 Å². The van der Waals surface area contributed by atoms with E-state index in [2.05, 4.69) is 0 Å². The summed E-state index contributed by atoms with van der Waals surface area (Å²) in [5.41, 5.74) is 6.97. The van der Waals surface area contributed by atoms with Gasteiger partial charge in [0.05, 0.1) is 5.56 Å². The second kappa shape index (κ2) is 5.95. The predicted octanol–water partition coefficient (Wildman–Crippen LogP) is 3.93. The van der Waals surface area contributed by atoms with Gasteiger partial charge in [0.15, 0.2) is 0 Å². The van der Waals surface area contributed by atoms with Gasteiger partial charge in [0.1, 0.15) is 6.61 Å². The maximum Gasteiger partial charge on any atom is 0.340 e. The molecule has 19 heavy (non-hydrogen) atoms. The number of benzene rings is 2. The van der Waals surface area contributed by atoms with Crippen molar-refractivity contribution >= 4 is 34.9 Å². The molecule has 98 valence electrons. The summed E-state index contributed by atoms with van der Waals surface area (Å²) in [6.45, 7) is 0.00563. The maximum atomic E-state index is 11.9. The Kier molecular flexibility index (Phi) is 4.30. The molecule has 0 aromatic heterocycles. The Morgan fingerprint density at radius 1 is 1.05 bits per heavy atom. The van der Waals surface area contributed by atoms with Gasteiger partial charge in [-0.25, -0.2) is 4.79 Å². The van der Waals surface area contributed by atoms with Crippen LogP contribution in [0.15, 0.2) is 42.5 Å². The van der Waals surface area contributed by atoms with Gasteiger partial charge in [0, 0.05) is 21.3 Å². The Bertz CT molecular complexity index is 594. The molecule has 0 radical (unpaired) electrons. The molecular weight excluding hydrogens is 285 g/mol. The first-order valence-electron chi connectivity index (χ1n) is 5.54. The lowest BCUT2D eigenvalue weighted by atomic mass is 10.2. The number of nitrogen functional groups attached to an aromatic ring is 1. The molecular formula is C14H11Cl2NO2. The van der Waals surface area contributed by atoms with E-state index in [1.807, 2.05) is 0 Å². The number of halogens is 2. The number of carbonyl (C=O) groups is 1. The normalized spacial score (nSPS) is 10.2. The van der Waals surface area contributed by atoms with Gasteiger partial charge in [-0.2, -0.15) is 0 Å². The summed E-state index contributed by atoms with van der Waals surface area (Å²) in [5, 5.41) is 0.919. The molecule has 0 aliphatic carbocycles. The molecule has 2 aromatic carbocycles. The smallest absolute Gasteiger partial charge is 0.340 e. The average Bonchev–Trinajstić information content (AvgIpc) is 2.38. The minimum absolute atomic E-state index is 0.00563. The van der Waals surface area contributed by atoms with Crippen LogP contribution in [0.1, 0.15) is 15.9 Å². The molecule has 0 spiro atoms. The number of nitrogens with two attached hydrogens (primary N) is 1. The fourth-order valence-corrected chi connectivity index (χ4v) is 2.08. The Balaban J connectivity index is 2.11. The first-order valence-corrected chi connectivity index (χ1v) is 6.29. The topological polar surface area (TPSA) is 52.3 Å². The molecule has 0 aliphatic rings. The summed E-state index contributed by atoms with van der Waals surface area (Å²) in [6.07, 6.45) is 0. The summed E-state index contributed by atoms with van der Waals surface area (Å²) in [6, 6.07) is 11.8. The van der Waals surface area contributed by atoms with Crippen molar-refractivity contribution in [2.75, 3.05) is 5.73 Å². The number of anilines is 1. The average molecular weight is 296 g/mol. The molecule has 0 aliphatic heterocycles. The zero-order valence-electron chi connectivity index (χ0n) is 9.90. The van der Waals surface area contributed by atoms with E-state index in [1.165, 1.54) is 0 Å². The van der Waals surface area contributed by atoms with Gasteiger partial charge in [-0.3, -0.25) is 0 Å². The monoisotopic (exact) mass is 295 g/mol. The van der Waals surface area contributed by atoms with Crippen LogP contribution in [-0.2, 0) is 11.3 Å². The molecule has 0 heterocycles. The molecule has 3 nitrogen and oxygen atoms in total. The Morgan fingerprint density at radius 3 is 2.32 bits per heavy atom. The van der Waals surface area contributed by atoms with E-state index in [1.54, 1.807) is 42.5 Å². The van der Waals surface area contributed by atoms with Crippen LogP contribution < -0.4 is 5.73 Å². The standard InChI is InChI=1S/C14H11Cl2NO2/c15-11-5-3-6-12(16)10(11)8-19-14(18)9-4-1-2-7-13(9)17/h1-7H,8,17H2. The summed E-state index contributed by atoms with van der Waals surface area (Å²) in [7, 11) is 0. The van der Waals surface area contributed by atoms with Crippen molar-refractivity contribution in [2.24, 2.45) is 0 Å². The van der Waals surface area contributed by atoms with Gasteiger partial charge in [-0.1, -0.05) is 41.4 Å². The lowest BCUT2D eigenvalue weighted by Gasteiger charge is -2.09. The van der Waals surface area contributed by atoms with E-state index in [9.17, 15) is 4.79 Å². The minimum atomic E-state index is -0.505. The summed E-state index contributed by atoms with van der Waals surface area (Å²) < 4.78 is 5.17. The van der Waals surface area contributed by atoms with E-state index in [-0.39, 0.29) is 6.61 Å². The van der Waals surface area contributed by atoms with Crippen LogP contribution >= 0.6 is 23.2 Å². The lowest BCUT2D eigenvalue weighted by Crippen LogP contribution is -2.08. The molecule has 2 rings (SSSR count). The molecule has 0 amide bonds. The number of rotatable bonds is 3. The Hall–Kier alpha value is -1.71. The van der Waals surface area contributed by atoms with Gasteiger partial charge in [0.2, 0.25) is 0 Å². The zero-order valence-corrected chi connectivity index (χ0v) is 11.4. The summed E-state index contributed by atoms with van der Waals surface area (Å²) in [5.74, 6) is -0.505. The van der Waals surface area contributed by atoms with Crippen LogP contribution in [-0.4, -0.2) is 5.97 Å². The first-order chi connectivity index (χ1) is 9.09. The first kappa shape index (κ1) is 13.7. The highest BCUT2D eigenvalue weighted by molar-refractivity contribution is 6.35. The van der Waals surface area contributed by atoms with Gasteiger partial charge >= 0.3 is 5.97 Å². The third-order valence-corrected chi connectivity index (χ3v) is 3.30. The van der Waals surface area contributed by atoms with E-state index >= 15 is 0 Å². The minimum Gasteiger partial charge on any atom is -0.457 e. The molecule has 0 bridgehead atoms. The zero-order chi connectivity index (χ0) is 13.8. The molecule has 0 fully saturated rings. The largest absolute Gasteiger partial charge is 0.457 e. The van der Waals surface area contributed by atoms with Crippen molar-refractivity contribution in [3.05, 3.63) is 63.6 Å².